The second kappa shape index (κ2) is 7.02. The highest BCUT2D eigenvalue weighted by molar-refractivity contribution is 5.06. The summed E-state index contributed by atoms with van der Waals surface area (Å²) in [6.45, 7) is 5.07. The van der Waals surface area contributed by atoms with Crippen LogP contribution in [0.15, 0.2) is 11.8 Å². The second-order valence-corrected chi connectivity index (χ2v) is 4.97. The fourth-order valence-electron chi connectivity index (χ4n) is 2.53. The van der Waals surface area contributed by atoms with Gasteiger partial charge in [0.2, 0.25) is 0 Å². The van der Waals surface area contributed by atoms with E-state index in [1.165, 1.54) is 12.8 Å². The Balaban J connectivity index is 1.88. The van der Waals surface area contributed by atoms with Gasteiger partial charge in [-0.25, -0.2) is 0 Å². The Morgan fingerprint density at radius 1 is 1.41 bits per heavy atom. The Kier molecular flexibility index (Phi) is 5.33. The Morgan fingerprint density at radius 2 is 2.35 bits per heavy atom. The van der Waals surface area contributed by atoms with Crippen LogP contribution in [0, 0.1) is 0 Å². The van der Waals surface area contributed by atoms with E-state index in [-0.39, 0.29) is 0 Å². The Bertz CT molecular complexity index is 247. The number of nitrogens with one attached hydrogen (secondary N) is 1. The molecule has 1 fully saturated rings. The number of hydrogen-bond donors (Lipinski definition) is 1. The molecule has 1 N–H and O–H groups in total. The van der Waals surface area contributed by atoms with Gasteiger partial charge in [0.15, 0.2) is 0 Å². The quantitative estimate of drug-likeness (QED) is 0.773. The van der Waals surface area contributed by atoms with E-state index in [1.807, 2.05) is 0 Å². The summed E-state index contributed by atoms with van der Waals surface area (Å²) < 4.78 is 11.5. The van der Waals surface area contributed by atoms with Crippen molar-refractivity contribution >= 4 is 0 Å². The molecule has 0 aromatic rings. The summed E-state index contributed by atoms with van der Waals surface area (Å²) in [5.74, 6) is 1.15. The monoisotopic (exact) mass is 239 g/mol. The molecule has 0 radical (unpaired) electrons. The summed E-state index contributed by atoms with van der Waals surface area (Å²) in [4.78, 5) is 0. The number of ether oxygens (including phenoxy) is 2. The second-order valence-electron chi connectivity index (χ2n) is 4.97. The molecule has 0 bridgehead atoms. The van der Waals surface area contributed by atoms with Crippen LogP contribution in [0.3, 0.4) is 0 Å². The van der Waals surface area contributed by atoms with E-state index in [0.29, 0.717) is 12.1 Å². The van der Waals surface area contributed by atoms with Crippen LogP contribution in [-0.2, 0) is 9.47 Å². The molecule has 3 nitrogen and oxygen atoms in total. The molecule has 0 amide bonds. The van der Waals surface area contributed by atoms with Crippen LogP contribution in [0.4, 0.5) is 0 Å². The van der Waals surface area contributed by atoms with Gasteiger partial charge < -0.3 is 14.8 Å². The van der Waals surface area contributed by atoms with Gasteiger partial charge in [-0.2, -0.15) is 0 Å². The highest BCUT2D eigenvalue weighted by Gasteiger charge is 2.24. The summed E-state index contributed by atoms with van der Waals surface area (Å²) in [6, 6.07) is 0.360. The lowest BCUT2D eigenvalue weighted by Gasteiger charge is -2.26. The van der Waals surface area contributed by atoms with Crippen molar-refractivity contribution in [3.63, 3.8) is 0 Å². The largest absolute Gasteiger partial charge is 0.497 e. The minimum absolute atomic E-state index is 0.360. The van der Waals surface area contributed by atoms with Gasteiger partial charge in [-0.1, -0.05) is 6.92 Å². The fraction of sp³-hybridized carbons (Fsp3) is 0.857. The van der Waals surface area contributed by atoms with Gasteiger partial charge in [0.1, 0.15) is 5.76 Å². The molecule has 0 aromatic heterocycles. The third-order valence-corrected chi connectivity index (χ3v) is 3.47. The molecule has 2 rings (SSSR count). The first kappa shape index (κ1) is 12.9. The van der Waals surface area contributed by atoms with E-state index >= 15 is 0 Å². The van der Waals surface area contributed by atoms with E-state index in [4.69, 9.17) is 9.47 Å². The zero-order valence-corrected chi connectivity index (χ0v) is 10.9. The summed E-state index contributed by atoms with van der Waals surface area (Å²) in [5, 5.41) is 3.59. The van der Waals surface area contributed by atoms with Crippen LogP contribution < -0.4 is 5.32 Å². The zero-order chi connectivity index (χ0) is 11.9. The van der Waals surface area contributed by atoms with Gasteiger partial charge in [0.25, 0.3) is 0 Å². The molecule has 2 aliphatic heterocycles. The maximum Gasteiger partial charge on any atom is 0.109 e. The maximum atomic E-state index is 5.79. The maximum absolute atomic E-state index is 5.79. The van der Waals surface area contributed by atoms with Gasteiger partial charge in [-0.3, -0.25) is 0 Å². The van der Waals surface area contributed by atoms with Crippen molar-refractivity contribution in [2.24, 2.45) is 0 Å². The van der Waals surface area contributed by atoms with Crippen molar-refractivity contribution < 1.29 is 9.47 Å². The molecule has 2 aliphatic rings. The molecule has 2 unspecified atom stereocenters. The Labute approximate surface area is 105 Å². The minimum Gasteiger partial charge on any atom is -0.497 e. The Morgan fingerprint density at radius 3 is 3.00 bits per heavy atom. The summed E-state index contributed by atoms with van der Waals surface area (Å²) in [7, 11) is 0. The molecule has 0 aliphatic carbocycles. The molecule has 0 saturated carbocycles. The number of allylic oxidation sites excluding steroid dienone is 1. The van der Waals surface area contributed by atoms with Crippen molar-refractivity contribution in [2.45, 2.75) is 57.6 Å². The molecule has 98 valence electrons. The van der Waals surface area contributed by atoms with Crippen LogP contribution in [0.2, 0.25) is 0 Å². The predicted octanol–water partition coefficient (Wildman–Crippen LogP) is 2.62. The third-order valence-electron chi connectivity index (χ3n) is 3.47. The molecule has 0 aromatic carbocycles. The molecule has 2 atom stereocenters. The third kappa shape index (κ3) is 4.00. The lowest BCUT2D eigenvalue weighted by Crippen LogP contribution is -2.36. The lowest BCUT2D eigenvalue weighted by molar-refractivity contribution is 0.0847. The van der Waals surface area contributed by atoms with E-state index < -0.39 is 0 Å². The molecular formula is C14H25NO2. The average molecular weight is 239 g/mol. The van der Waals surface area contributed by atoms with Crippen molar-refractivity contribution in [2.75, 3.05) is 19.8 Å². The fourth-order valence-corrected chi connectivity index (χ4v) is 2.53. The van der Waals surface area contributed by atoms with Crippen LogP contribution in [0.1, 0.15) is 45.4 Å². The standard InChI is InChI=1S/C14H25NO2/c1-2-8-15-13(11-12-6-5-10-16-12)14-7-3-4-9-17-14/h7,12-13,15H,2-6,8-11H2,1H3. The SMILES string of the molecule is CCCNC(CC1CCCO1)C1=CCCCO1. The number of rotatable bonds is 6. The molecular weight excluding hydrogens is 214 g/mol. The van der Waals surface area contributed by atoms with E-state index in [2.05, 4.69) is 18.3 Å². The van der Waals surface area contributed by atoms with E-state index in [0.717, 1.165) is 51.2 Å². The van der Waals surface area contributed by atoms with E-state index in [9.17, 15) is 0 Å². The van der Waals surface area contributed by atoms with Crippen molar-refractivity contribution in [1.29, 1.82) is 0 Å². The minimum atomic E-state index is 0.360. The van der Waals surface area contributed by atoms with Crippen LogP contribution >= 0.6 is 0 Å². The number of hydrogen-bond acceptors (Lipinski definition) is 3. The van der Waals surface area contributed by atoms with Crippen molar-refractivity contribution in [3.8, 4) is 0 Å². The van der Waals surface area contributed by atoms with Crippen molar-refractivity contribution in [3.05, 3.63) is 11.8 Å². The van der Waals surface area contributed by atoms with Crippen molar-refractivity contribution in [1.82, 2.24) is 5.32 Å². The first-order chi connectivity index (χ1) is 8.40. The first-order valence-corrected chi connectivity index (χ1v) is 7.08. The first-order valence-electron chi connectivity index (χ1n) is 7.08. The lowest BCUT2D eigenvalue weighted by atomic mass is 10.0. The zero-order valence-electron chi connectivity index (χ0n) is 10.9. The van der Waals surface area contributed by atoms with Gasteiger partial charge in [0, 0.05) is 6.61 Å². The predicted molar refractivity (Wildman–Crippen MR) is 68.9 cm³/mol. The van der Waals surface area contributed by atoms with Crippen LogP contribution in [0.5, 0.6) is 0 Å². The molecule has 17 heavy (non-hydrogen) atoms. The van der Waals surface area contributed by atoms with Gasteiger partial charge in [0.05, 0.1) is 18.8 Å². The van der Waals surface area contributed by atoms with Crippen LogP contribution in [-0.4, -0.2) is 31.9 Å². The van der Waals surface area contributed by atoms with Crippen LogP contribution in [0.25, 0.3) is 0 Å². The summed E-state index contributed by atoms with van der Waals surface area (Å²) >= 11 is 0. The van der Waals surface area contributed by atoms with Gasteiger partial charge >= 0.3 is 0 Å². The molecule has 0 spiro atoms. The van der Waals surface area contributed by atoms with E-state index in [1.54, 1.807) is 0 Å². The Hall–Kier alpha value is -0.540. The highest BCUT2D eigenvalue weighted by atomic mass is 16.5. The topological polar surface area (TPSA) is 30.5 Å². The highest BCUT2D eigenvalue weighted by Crippen LogP contribution is 2.22. The normalized spacial score (nSPS) is 26.4. The van der Waals surface area contributed by atoms with Gasteiger partial charge in [-0.15, -0.1) is 0 Å². The molecule has 3 heteroatoms. The average Bonchev–Trinajstić information content (AvgIpc) is 2.88. The molecule has 2 heterocycles. The smallest absolute Gasteiger partial charge is 0.109 e. The molecule has 1 saturated heterocycles. The van der Waals surface area contributed by atoms with Gasteiger partial charge in [-0.05, 0) is 51.1 Å². The summed E-state index contributed by atoms with van der Waals surface area (Å²) in [6.07, 6.45) is 9.64. The summed E-state index contributed by atoms with van der Waals surface area (Å²) in [5.41, 5.74) is 0.